The number of Topliss-reactive ketones (excluding diaryl/α,β-unsaturated/α-hetero) is 1. The maximum atomic E-state index is 12.0. The molecule has 0 bridgehead atoms. The van der Waals surface area contributed by atoms with Crippen molar-refractivity contribution in [2.45, 2.75) is 32.1 Å². The molecule has 0 radical (unpaired) electrons. The third-order valence-electron chi connectivity index (χ3n) is 3.42. The van der Waals surface area contributed by atoms with Crippen molar-refractivity contribution in [2.75, 3.05) is 6.61 Å². The first-order chi connectivity index (χ1) is 9.67. The number of aromatic nitrogens is 2. The van der Waals surface area contributed by atoms with Crippen LogP contribution in [0.2, 0.25) is 0 Å². The highest BCUT2D eigenvalue weighted by molar-refractivity contribution is 6.05. The summed E-state index contributed by atoms with van der Waals surface area (Å²) < 4.78 is 6.63. The van der Waals surface area contributed by atoms with Crippen LogP contribution in [0, 0.1) is 0 Å². The van der Waals surface area contributed by atoms with Crippen molar-refractivity contribution in [1.29, 1.82) is 0 Å². The number of ether oxygens (including phenoxy) is 1. The number of pyridine rings is 1. The standard InChI is InChI=1S/C15H16N2O3/c1-2-20-15(19)7-13(18)12-9-17-8-11(10-3-4-10)5-6-14(17)16-12/h5-6,8-10H,2-4,7H2,1H3. The molecular formula is C15H16N2O3. The van der Waals surface area contributed by atoms with Gasteiger partial charge in [0.2, 0.25) is 0 Å². The Hall–Kier alpha value is -2.17. The van der Waals surface area contributed by atoms with Crippen LogP contribution in [0.25, 0.3) is 5.65 Å². The molecule has 1 aliphatic rings. The first-order valence-electron chi connectivity index (χ1n) is 6.85. The number of rotatable bonds is 5. The molecule has 0 N–H and O–H groups in total. The lowest BCUT2D eigenvalue weighted by molar-refractivity contribution is -0.141. The zero-order valence-electron chi connectivity index (χ0n) is 11.3. The molecule has 1 aliphatic carbocycles. The summed E-state index contributed by atoms with van der Waals surface area (Å²) in [7, 11) is 0. The van der Waals surface area contributed by atoms with E-state index in [-0.39, 0.29) is 18.8 Å². The van der Waals surface area contributed by atoms with E-state index in [0.717, 1.165) is 5.65 Å². The lowest BCUT2D eigenvalue weighted by atomic mass is 10.2. The number of imidazole rings is 1. The Bertz CT molecular complexity index is 671. The Labute approximate surface area is 116 Å². The van der Waals surface area contributed by atoms with Crippen LogP contribution in [0.4, 0.5) is 0 Å². The zero-order valence-corrected chi connectivity index (χ0v) is 11.3. The van der Waals surface area contributed by atoms with E-state index in [0.29, 0.717) is 11.6 Å². The number of carbonyl (C=O) groups is 2. The Balaban J connectivity index is 1.81. The van der Waals surface area contributed by atoms with Gasteiger partial charge >= 0.3 is 5.97 Å². The second-order valence-corrected chi connectivity index (χ2v) is 5.03. The van der Waals surface area contributed by atoms with Crippen molar-refractivity contribution >= 4 is 17.4 Å². The summed E-state index contributed by atoms with van der Waals surface area (Å²) >= 11 is 0. The summed E-state index contributed by atoms with van der Waals surface area (Å²) in [4.78, 5) is 27.5. The van der Waals surface area contributed by atoms with Crippen LogP contribution in [0.15, 0.2) is 24.5 Å². The fourth-order valence-electron chi connectivity index (χ4n) is 2.24. The molecule has 0 amide bonds. The van der Waals surface area contributed by atoms with Crippen LogP contribution >= 0.6 is 0 Å². The van der Waals surface area contributed by atoms with E-state index < -0.39 is 5.97 Å². The van der Waals surface area contributed by atoms with Gasteiger partial charge in [-0.15, -0.1) is 0 Å². The van der Waals surface area contributed by atoms with E-state index in [9.17, 15) is 9.59 Å². The Morgan fingerprint density at radius 3 is 2.85 bits per heavy atom. The fourth-order valence-corrected chi connectivity index (χ4v) is 2.24. The lowest BCUT2D eigenvalue weighted by Gasteiger charge is -1.98. The minimum atomic E-state index is -0.506. The number of ketones is 1. The number of carbonyl (C=O) groups excluding carboxylic acids is 2. The monoisotopic (exact) mass is 272 g/mol. The number of hydrogen-bond donors (Lipinski definition) is 0. The summed E-state index contributed by atoms with van der Waals surface area (Å²) in [6.07, 6.45) is 5.90. The fraction of sp³-hybridized carbons (Fsp3) is 0.400. The minimum absolute atomic E-state index is 0.257. The van der Waals surface area contributed by atoms with Crippen molar-refractivity contribution in [2.24, 2.45) is 0 Å². The molecule has 1 fully saturated rings. The average molecular weight is 272 g/mol. The first kappa shape index (κ1) is 12.8. The predicted octanol–water partition coefficient (Wildman–Crippen LogP) is 2.35. The van der Waals surface area contributed by atoms with Gasteiger partial charge in [0.15, 0.2) is 5.78 Å². The minimum Gasteiger partial charge on any atom is -0.466 e. The molecule has 2 aromatic heterocycles. The maximum Gasteiger partial charge on any atom is 0.313 e. The highest BCUT2D eigenvalue weighted by atomic mass is 16.5. The van der Waals surface area contributed by atoms with Gasteiger partial charge in [0.25, 0.3) is 0 Å². The SMILES string of the molecule is CCOC(=O)CC(=O)c1cn2cc(C3CC3)ccc2n1. The second-order valence-electron chi connectivity index (χ2n) is 5.03. The van der Waals surface area contributed by atoms with Crippen LogP contribution in [0.5, 0.6) is 0 Å². The molecule has 0 saturated heterocycles. The average Bonchev–Trinajstić information content (AvgIpc) is 3.17. The van der Waals surface area contributed by atoms with Crippen LogP contribution in [-0.2, 0) is 9.53 Å². The van der Waals surface area contributed by atoms with E-state index in [2.05, 4.69) is 11.1 Å². The number of hydrogen-bond acceptors (Lipinski definition) is 4. The van der Waals surface area contributed by atoms with Gasteiger partial charge in [-0.25, -0.2) is 4.98 Å². The van der Waals surface area contributed by atoms with E-state index in [1.807, 2.05) is 16.7 Å². The zero-order chi connectivity index (χ0) is 14.1. The van der Waals surface area contributed by atoms with Gasteiger partial charge < -0.3 is 9.14 Å². The third-order valence-corrected chi connectivity index (χ3v) is 3.42. The van der Waals surface area contributed by atoms with Crippen molar-refractivity contribution in [3.8, 4) is 0 Å². The molecule has 3 rings (SSSR count). The lowest BCUT2D eigenvalue weighted by Crippen LogP contribution is -2.11. The molecule has 5 nitrogen and oxygen atoms in total. The largest absolute Gasteiger partial charge is 0.466 e. The van der Waals surface area contributed by atoms with Crippen LogP contribution in [0.3, 0.4) is 0 Å². The summed E-state index contributed by atoms with van der Waals surface area (Å²) in [5, 5.41) is 0. The molecule has 2 heterocycles. The molecule has 0 spiro atoms. The van der Waals surface area contributed by atoms with Crippen LogP contribution in [-0.4, -0.2) is 27.7 Å². The number of nitrogens with zero attached hydrogens (tertiary/aromatic N) is 2. The van der Waals surface area contributed by atoms with Crippen molar-refractivity contribution in [1.82, 2.24) is 9.38 Å². The molecule has 0 aliphatic heterocycles. The molecule has 104 valence electrons. The highest BCUT2D eigenvalue weighted by Gasteiger charge is 2.24. The quantitative estimate of drug-likeness (QED) is 0.476. The molecule has 0 atom stereocenters. The molecular weight excluding hydrogens is 256 g/mol. The smallest absolute Gasteiger partial charge is 0.313 e. The normalized spacial score (nSPS) is 14.4. The first-order valence-corrected chi connectivity index (χ1v) is 6.85. The van der Waals surface area contributed by atoms with Gasteiger partial charge in [-0.3, -0.25) is 9.59 Å². The van der Waals surface area contributed by atoms with E-state index in [1.54, 1.807) is 13.1 Å². The molecule has 20 heavy (non-hydrogen) atoms. The van der Waals surface area contributed by atoms with Gasteiger partial charge in [0, 0.05) is 12.4 Å². The van der Waals surface area contributed by atoms with Crippen molar-refractivity contribution in [3.63, 3.8) is 0 Å². The maximum absolute atomic E-state index is 12.0. The molecule has 1 saturated carbocycles. The summed E-state index contributed by atoms with van der Waals surface area (Å²) in [5.41, 5.74) is 2.31. The summed E-state index contributed by atoms with van der Waals surface area (Å²) in [6.45, 7) is 1.99. The third kappa shape index (κ3) is 2.57. The number of esters is 1. The van der Waals surface area contributed by atoms with Gasteiger partial charge in [0.05, 0.1) is 6.61 Å². The molecule has 2 aromatic rings. The Morgan fingerprint density at radius 2 is 2.15 bits per heavy atom. The summed E-state index contributed by atoms with van der Waals surface area (Å²) in [6, 6.07) is 3.97. The molecule has 0 unspecified atom stereocenters. The van der Waals surface area contributed by atoms with Gasteiger partial charge in [-0.05, 0) is 37.3 Å². The second kappa shape index (κ2) is 5.07. The Morgan fingerprint density at radius 1 is 1.35 bits per heavy atom. The topological polar surface area (TPSA) is 60.7 Å². The predicted molar refractivity (Wildman–Crippen MR) is 72.7 cm³/mol. The molecule has 5 heteroatoms. The van der Waals surface area contributed by atoms with E-state index in [4.69, 9.17) is 4.74 Å². The van der Waals surface area contributed by atoms with Crippen LogP contribution < -0.4 is 0 Å². The Kier molecular flexibility index (Phi) is 3.26. The molecule has 0 aromatic carbocycles. The number of fused-ring (bicyclic) bond motifs is 1. The van der Waals surface area contributed by atoms with Crippen LogP contribution in [0.1, 0.15) is 48.2 Å². The van der Waals surface area contributed by atoms with E-state index >= 15 is 0 Å². The highest BCUT2D eigenvalue weighted by Crippen LogP contribution is 2.39. The summed E-state index contributed by atoms with van der Waals surface area (Å²) in [5.74, 6) is -0.158. The van der Waals surface area contributed by atoms with Gasteiger partial charge in [-0.1, -0.05) is 6.07 Å². The van der Waals surface area contributed by atoms with Gasteiger partial charge in [-0.2, -0.15) is 0 Å². The van der Waals surface area contributed by atoms with Crippen molar-refractivity contribution in [3.05, 3.63) is 35.8 Å². The van der Waals surface area contributed by atoms with E-state index in [1.165, 1.54) is 18.4 Å². The van der Waals surface area contributed by atoms with Crippen molar-refractivity contribution < 1.29 is 14.3 Å². The van der Waals surface area contributed by atoms with Gasteiger partial charge in [0.1, 0.15) is 17.8 Å².